The number of ketones is 1. The Morgan fingerprint density at radius 3 is 2.27 bits per heavy atom. The minimum absolute atomic E-state index is 0.0616. The van der Waals surface area contributed by atoms with Gasteiger partial charge in [-0.05, 0) is 60.5 Å². The number of hydrogen-bond acceptors (Lipinski definition) is 4. The van der Waals surface area contributed by atoms with Crippen LogP contribution in [0, 0.1) is 11.6 Å². The van der Waals surface area contributed by atoms with E-state index >= 15 is 0 Å². The Labute approximate surface area is 218 Å². The maximum absolute atomic E-state index is 14.0. The van der Waals surface area contributed by atoms with Crippen molar-refractivity contribution in [3.8, 4) is 5.75 Å². The molecule has 0 aliphatic rings. The van der Waals surface area contributed by atoms with Gasteiger partial charge in [-0.2, -0.15) is 0 Å². The number of rotatable bonds is 9. The summed E-state index contributed by atoms with van der Waals surface area (Å²) < 4.78 is 33.3. The van der Waals surface area contributed by atoms with Crippen molar-refractivity contribution in [3.05, 3.63) is 124 Å². The van der Waals surface area contributed by atoms with Crippen LogP contribution >= 0.6 is 11.6 Å². The highest BCUT2D eigenvalue weighted by Gasteiger charge is 2.20. The molecule has 0 fully saturated rings. The third-order valence-corrected chi connectivity index (χ3v) is 6.01. The topological polar surface area (TPSA) is 67.4 Å². The van der Waals surface area contributed by atoms with Gasteiger partial charge < -0.3 is 15.4 Å². The van der Waals surface area contributed by atoms with E-state index in [1.54, 1.807) is 12.1 Å². The quantitative estimate of drug-likeness (QED) is 0.245. The van der Waals surface area contributed by atoms with Crippen LogP contribution in [0.3, 0.4) is 0 Å². The minimum Gasteiger partial charge on any atom is -0.496 e. The number of para-hydroxylation sites is 1. The van der Waals surface area contributed by atoms with Gasteiger partial charge in [0.15, 0.2) is 5.78 Å². The summed E-state index contributed by atoms with van der Waals surface area (Å²) in [4.78, 5) is 26.1. The highest BCUT2D eigenvalue weighted by atomic mass is 35.5. The molecule has 0 bridgehead atoms. The summed E-state index contributed by atoms with van der Waals surface area (Å²) in [6.07, 6.45) is 0.668. The second-order valence-corrected chi connectivity index (χ2v) is 8.56. The molecule has 1 amide bonds. The van der Waals surface area contributed by atoms with E-state index in [4.69, 9.17) is 16.3 Å². The standard InChI is InChI=1S/C29H23ClF2N2O3/c1-37-26-13-10-19(29(36)33-15-14-18-6-3-2-4-7-18)16-22(26)28(35)21-12-11-20(17-23(21)30)34-27-24(31)8-5-9-25(27)32/h2-13,16-17,34H,14-15H2,1H3,(H,33,36). The Morgan fingerprint density at radius 2 is 1.59 bits per heavy atom. The van der Waals surface area contributed by atoms with Crippen molar-refractivity contribution in [2.75, 3.05) is 19.0 Å². The van der Waals surface area contributed by atoms with Gasteiger partial charge in [0, 0.05) is 23.4 Å². The Morgan fingerprint density at radius 1 is 0.865 bits per heavy atom. The normalized spacial score (nSPS) is 10.6. The van der Waals surface area contributed by atoms with Gasteiger partial charge in [0.25, 0.3) is 5.91 Å². The van der Waals surface area contributed by atoms with Gasteiger partial charge in [0.1, 0.15) is 23.1 Å². The van der Waals surface area contributed by atoms with Crippen LogP contribution in [0.2, 0.25) is 5.02 Å². The van der Waals surface area contributed by atoms with E-state index in [2.05, 4.69) is 10.6 Å². The van der Waals surface area contributed by atoms with E-state index in [-0.39, 0.29) is 33.5 Å². The van der Waals surface area contributed by atoms with Crippen LogP contribution in [0.4, 0.5) is 20.2 Å². The van der Waals surface area contributed by atoms with E-state index in [1.807, 2.05) is 30.3 Å². The van der Waals surface area contributed by atoms with Crippen molar-refractivity contribution in [1.82, 2.24) is 5.32 Å². The molecule has 4 aromatic rings. The molecule has 188 valence electrons. The number of anilines is 2. The molecule has 4 aromatic carbocycles. The number of benzene rings is 4. The predicted molar refractivity (Wildman–Crippen MR) is 140 cm³/mol. The fourth-order valence-electron chi connectivity index (χ4n) is 3.78. The summed E-state index contributed by atoms with van der Waals surface area (Å²) in [5.74, 6) is -2.05. The Balaban J connectivity index is 1.52. The van der Waals surface area contributed by atoms with Crippen LogP contribution in [-0.2, 0) is 6.42 Å². The van der Waals surface area contributed by atoms with Crippen molar-refractivity contribution >= 4 is 34.7 Å². The minimum atomic E-state index is -0.764. The van der Waals surface area contributed by atoms with Crippen molar-refractivity contribution in [1.29, 1.82) is 0 Å². The van der Waals surface area contributed by atoms with Crippen LogP contribution < -0.4 is 15.4 Å². The SMILES string of the molecule is COc1ccc(C(=O)NCCc2ccccc2)cc1C(=O)c1ccc(Nc2c(F)cccc2F)cc1Cl. The first kappa shape index (κ1) is 25.9. The molecule has 37 heavy (non-hydrogen) atoms. The summed E-state index contributed by atoms with van der Waals surface area (Å²) in [5.41, 5.74) is 1.65. The molecule has 0 atom stereocenters. The smallest absolute Gasteiger partial charge is 0.251 e. The van der Waals surface area contributed by atoms with E-state index in [9.17, 15) is 18.4 Å². The molecule has 8 heteroatoms. The van der Waals surface area contributed by atoms with Crippen LogP contribution in [0.25, 0.3) is 0 Å². The number of methoxy groups -OCH3 is 1. The largest absolute Gasteiger partial charge is 0.496 e. The van der Waals surface area contributed by atoms with Crippen molar-refractivity contribution < 1.29 is 23.1 Å². The zero-order valence-electron chi connectivity index (χ0n) is 19.9. The summed E-state index contributed by atoms with van der Waals surface area (Å²) in [6, 6.07) is 22.2. The fraction of sp³-hybridized carbons (Fsp3) is 0.103. The second kappa shape index (κ2) is 11.7. The molecule has 4 rings (SSSR count). The molecule has 0 saturated heterocycles. The molecule has 0 radical (unpaired) electrons. The third-order valence-electron chi connectivity index (χ3n) is 5.69. The number of amides is 1. The first-order valence-corrected chi connectivity index (χ1v) is 11.8. The lowest BCUT2D eigenvalue weighted by molar-refractivity contribution is 0.0954. The van der Waals surface area contributed by atoms with Crippen LogP contribution in [0.5, 0.6) is 5.75 Å². The zero-order valence-corrected chi connectivity index (χ0v) is 20.6. The lowest BCUT2D eigenvalue weighted by Gasteiger charge is -2.13. The summed E-state index contributed by atoms with van der Waals surface area (Å²) in [7, 11) is 1.42. The van der Waals surface area contributed by atoms with Gasteiger partial charge >= 0.3 is 0 Å². The molecular formula is C29H23ClF2N2O3. The van der Waals surface area contributed by atoms with E-state index in [0.717, 1.165) is 17.7 Å². The van der Waals surface area contributed by atoms with Gasteiger partial charge in [0.05, 0.1) is 17.7 Å². The van der Waals surface area contributed by atoms with E-state index in [1.165, 1.54) is 37.4 Å². The lowest BCUT2D eigenvalue weighted by atomic mass is 9.99. The number of carbonyl (C=O) groups excluding carboxylic acids is 2. The number of hydrogen-bond donors (Lipinski definition) is 2. The first-order valence-electron chi connectivity index (χ1n) is 11.4. The van der Waals surface area contributed by atoms with Gasteiger partial charge in [-0.3, -0.25) is 9.59 Å². The maximum Gasteiger partial charge on any atom is 0.251 e. The average Bonchev–Trinajstić information content (AvgIpc) is 2.90. The molecule has 0 spiro atoms. The zero-order chi connectivity index (χ0) is 26.4. The molecule has 0 aliphatic carbocycles. The molecule has 0 unspecified atom stereocenters. The Hall–Kier alpha value is -4.23. The molecule has 0 aromatic heterocycles. The Kier molecular flexibility index (Phi) is 8.15. The summed E-state index contributed by atoms with van der Waals surface area (Å²) in [6.45, 7) is 0.432. The predicted octanol–water partition coefficient (Wildman–Crippen LogP) is 6.57. The molecular weight excluding hydrogens is 498 g/mol. The van der Waals surface area contributed by atoms with Gasteiger partial charge in [-0.25, -0.2) is 8.78 Å². The van der Waals surface area contributed by atoms with Gasteiger partial charge in [-0.1, -0.05) is 48.0 Å². The van der Waals surface area contributed by atoms with Gasteiger partial charge in [0.2, 0.25) is 0 Å². The van der Waals surface area contributed by atoms with Crippen LogP contribution in [-0.4, -0.2) is 25.3 Å². The van der Waals surface area contributed by atoms with Crippen molar-refractivity contribution in [2.45, 2.75) is 6.42 Å². The second-order valence-electron chi connectivity index (χ2n) is 8.15. The molecule has 2 N–H and O–H groups in total. The molecule has 0 heterocycles. The average molecular weight is 521 g/mol. The molecule has 5 nitrogen and oxygen atoms in total. The highest BCUT2D eigenvalue weighted by molar-refractivity contribution is 6.35. The number of ether oxygens (including phenoxy) is 1. The van der Waals surface area contributed by atoms with Crippen molar-refractivity contribution in [2.24, 2.45) is 0 Å². The van der Waals surface area contributed by atoms with E-state index < -0.39 is 17.4 Å². The lowest BCUT2D eigenvalue weighted by Crippen LogP contribution is -2.26. The monoisotopic (exact) mass is 520 g/mol. The first-order chi connectivity index (χ1) is 17.9. The summed E-state index contributed by atoms with van der Waals surface area (Å²) >= 11 is 6.38. The third kappa shape index (κ3) is 6.13. The van der Waals surface area contributed by atoms with Crippen LogP contribution in [0.15, 0.2) is 84.9 Å². The summed E-state index contributed by atoms with van der Waals surface area (Å²) in [5, 5.41) is 5.56. The molecule has 0 saturated carbocycles. The van der Waals surface area contributed by atoms with Crippen LogP contribution in [0.1, 0.15) is 31.8 Å². The fourth-order valence-corrected chi connectivity index (χ4v) is 4.04. The van der Waals surface area contributed by atoms with Crippen molar-refractivity contribution in [3.63, 3.8) is 0 Å². The number of nitrogens with one attached hydrogen (secondary N) is 2. The maximum atomic E-state index is 14.0. The highest BCUT2D eigenvalue weighted by Crippen LogP contribution is 2.30. The number of carbonyl (C=O) groups is 2. The number of halogens is 3. The molecule has 0 aliphatic heterocycles. The Bertz CT molecular complexity index is 1420. The van der Waals surface area contributed by atoms with E-state index in [0.29, 0.717) is 24.2 Å². The van der Waals surface area contributed by atoms with Gasteiger partial charge in [-0.15, -0.1) is 0 Å².